The molecule has 3 heterocycles. The molecule has 1 aromatic heterocycles. The van der Waals surface area contributed by atoms with Crippen molar-refractivity contribution in [1.29, 1.82) is 0 Å². The zero-order valence-corrected chi connectivity index (χ0v) is 18.1. The van der Waals surface area contributed by atoms with Crippen molar-refractivity contribution in [2.45, 2.75) is 46.2 Å². The molecule has 4 amide bonds. The molecule has 30 heavy (non-hydrogen) atoms. The molecular formula is C21H25N5O3S. The van der Waals surface area contributed by atoms with Crippen molar-refractivity contribution in [2.24, 2.45) is 5.73 Å². The lowest BCUT2D eigenvalue weighted by atomic mass is 9.99. The maximum absolute atomic E-state index is 12.6. The van der Waals surface area contributed by atoms with Crippen LogP contribution in [0.25, 0.3) is 10.4 Å². The van der Waals surface area contributed by atoms with Gasteiger partial charge in [-0.05, 0) is 62.4 Å². The van der Waals surface area contributed by atoms with Gasteiger partial charge in [0.15, 0.2) is 5.13 Å². The summed E-state index contributed by atoms with van der Waals surface area (Å²) in [5, 5.41) is 3.29. The number of fused-ring (bicyclic) bond motifs is 1. The maximum Gasteiger partial charge on any atom is 0.324 e. The second kappa shape index (κ2) is 7.71. The number of benzene rings is 1. The van der Waals surface area contributed by atoms with Crippen molar-refractivity contribution in [1.82, 2.24) is 14.8 Å². The fraction of sp³-hybridized carbons (Fsp3) is 0.429. The summed E-state index contributed by atoms with van der Waals surface area (Å²) in [5.74, 6) is -0.400. The number of carbonyl (C=O) groups is 3. The van der Waals surface area contributed by atoms with Crippen LogP contribution in [0.5, 0.6) is 0 Å². The number of amides is 4. The molecule has 0 spiro atoms. The molecule has 2 aromatic rings. The molecule has 2 aliphatic heterocycles. The molecular weight excluding hydrogens is 402 g/mol. The molecule has 1 atom stereocenters. The molecule has 0 radical (unpaired) electrons. The molecule has 1 saturated heterocycles. The van der Waals surface area contributed by atoms with Crippen molar-refractivity contribution in [3.8, 4) is 10.4 Å². The Morgan fingerprint density at radius 1 is 1.33 bits per heavy atom. The average Bonchev–Trinajstić information content (AvgIpc) is 3.39. The Kier molecular flexibility index (Phi) is 5.23. The van der Waals surface area contributed by atoms with Gasteiger partial charge in [0.25, 0.3) is 5.91 Å². The van der Waals surface area contributed by atoms with E-state index in [0.29, 0.717) is 31.2 Å². The van der Waals surface area contributed by atoms with E-state index in [2.05, 4.69) is 10.3 Å². The van der Waals surface area contributed by atoms with E-state index in [0.717, 1.165) is 39.2 Å². The summed E-state index contributed by atoms with van der Waals surface area (Å²) in [4.78, 5) is 45.5. The van der Waals surface area contributed by atoms with Crippen LogP contribution >= 0.6 is 11.3 Å². The highest BCUT2D eigenvalue weighted by atomic mass is 32.1. The number of nitrogens with zero attached hydrogens (tertiary/aromatic N) is 3. The van der Waals surface area contributed by atoms with Crippen LogP contribution in [0.4, 0.5) is 9.93 Å². The van der Waals surface area contributed by atoms with E-state index in [9.17, 15) is 14.4 Å². The first-order valence-electron chi connectivity index (χ1n) is 10.1. The summed E-state index contributed by atoms with van der Waals surface area (Å²) >= 11 is 1.39. The predicted molar refractivity (Wildman–Crippen MR) is 115 cm³/mol. The first-order chi connectivity index (χ1) is 14.3. The Bertz CT molecular complexity index is 1050. The predicted octanol–water partition coefficient (Wildman–Crippen LogP) is 2.88. The number of thiazole rings is 1. The summed E-state index contributed by atoms with van der Waals surface area (Å²) in [6.45, 7) is 7.63. The van der Waals surface area contributed by atoms with E-state index >= 15 is 0 Å². The molecule has 1 aromatic carbocycles. The van der Waals surface area contributed by atoms with Gasteiger partial charge in [-0.3, -0.25) is 14.9 Å². The molecule has 1 fully saturated rings. The zero-order chi connectivity index (χ0) is 21.6. The van der Waals surface area contributed by atoms with E-state index < -0.39 is 11.9 Å². The van der Waals surface area contributed by atoms with Crippen LogP contribution in [0.15, 0.2) is 12.1 Å². The van der Waals surface area contributed by atoms with Gasteiger partial charge in [0.05, 0.1) is 10.6 Å². The van der Waals surface area contributed by atoms with E-state index in [-0.39, 0.29) is 11.9 Å². The van der Waals surface area contributed by atoms with Gasteiger partial charge >= 0.3 is 6.03 Å². The number of aryl methyl sites for hydroxylation is 2. The van der Waals surface area contributed by atoms with E-state index in [1.807, 2.05) is 37.8 Å². The number of aromatic nitrogens is 1. The summed E-state index contributed by atoms with van der Waals surface area (Å²) in [6, 6.07) is 3.13. The number of primary amides is 1. The highest BCUT2D eigenvalue weighted by Gasteiger charge is 2.33. The Morgan fingerprint density at radius 2 is 2.10 bits per heavy atom. The monoisotopic (exact) mass is 427 g/mol. The highest BCUT2D eigenvalue weighted by Crippen LogP contribution is 2.37. The topological polar surface area (TPSA) is 109 Å². The van der Waals surface area contributed by atoms with Gasteiger partial charge in [-0.15, -0.1) is 0 Å². The number of likely N-dealkylation sites (tertiary alicyclic amines) is 1. The maximum atomic E-state index is 12.6. The van der Waals surface area contributed by atoms with Crippen LogP contribution < -0.4 is 11.1 Å². The van der Waals surface area contributed by atoms with Crippen molar-refractivity contribution in [2.75, 3.05) is 18.4 Å². The second-order valence-corrected chi connectivity index (χ2v) is 8.76. The third-order valence-electron chi connectivity index (χ3n) is 5.78. The number of nitrogens with two attached hydrogens (primary N) is 1. The molecule has 2 aliphatic rings. The molecule has 8 nitrogen and oxygen atoms in total. The van der Waals surface area contributed by atoms with Gasteiger partial charge in [0.1, 0.15) is 6.04 Å². The second-order valence-electron chi connectivity index (χ2n) is 7.76. The highest BCUT2D eigenvalue weighted by molar-refractivity contribution is 7.19. The first-order valence-corrected chi connectivity index (χ1v) is 10.9. The van der Waals surface area contributed by atoms with Crippen molar-refractivity contribution < 1.29 is 14.4 Å². The summed E-state index contributed by atoms with van der Waals surface area (Å²) in [6.07, 6.45) is 1.35. The van der Waals surface area contributed by atoms with E-state index in [4.69, 9.17) is 5.73 Å². The van der Waals surface area contributed by atoms with Crippen LogP contribution in [-0.4, -0.2) is 51.8 Å². The summed E-state index contributed by atoms with van der Waals surface area (Å²) < 4.78 is 0. The Hall–Kier alpha value is -2.94. The van der Waals surface area contributed by atoms with Gasteiger partial charge in [0, 0.05) is 25.2 Å². The molecule has 0 unspecified atom stereocenters. The van der Waals surface area contributed by atoms with Gasteiger partial charge < -0.3 is 15.5 Å². The Balaban J connectivity index is 1.58. The lowest BCUT2D eigenvalue weighted by molar-refractivity contribution is -0.121. The molecule has 9 heteroatoms. The Labute approximate surface area is 179 Å². The quantitative estimate of drug-likeness (QED) is 0.782. The normalized spacial score (nSPS) is 18.1. The number of rotatable bonds is 4. The van der Waals surface area contributed by atoms with Crippen molar-refractivity contribution >= 4 is 34.3 Å². The lowest BCUT2D eigenvalue weighted by Crippen LogP contribution is -2.45. The van der Waals surface area contributed by atoms with Crippen LogP contribution in [0.2, 0.25) is 0 Å². The van der Waals surface area contributed by atoms with Gasteiger partial charge in [-0.25, -0.2) is 9.78 Å². The molecule has 0 aliphatic carbocycles. The number of urea groups is 1. The van der Waals surface area contributed by atoms with Crippen LogP contribution in [0.3, 0.4) is 0 Å². The minimum absolute atomic E-state index is 0.0835. The van der Waals surface area contributed by atoms with Crippen LogP contribution in [0, 0.1) is 13.8 Å². The SMILES string of the molecule is CCN1Cc2cc(-c3sc(NC(=O)N4CCC[C@H]4C(N)=O)nc3C)cc(C)c2C1=O. The number of anilines is 1. The summed E-state index contributed by atoms with van der Waals surface area (Å²) in [5.41, 5.74) is 9.97. The minimum atomic E-state index is -0.566. The molecule has 0 bridgehead atoms. The molecule has 158 valence electrons. The molecule has 4 rings (SSSR count). The van der Waals surface area contributed by atoms with E-state index in [1.165, 1.54) is 16.2 Å². The van der Waals surface area contributed by atoms with Crippen LogP contribution in [-0.2, 0) is 11.3 Å². The molecule has 3 N–H and O–H groups in total. The lowest BCUT2D eigenvalue weighted by Gasteiger charge is -2.21. The Morgan fingerprint density at radius 3 is 2.80 bits per heavy atom. The number of hydrogen-bond donors (Lipinski definition) is 2. The van der Waals surface area contributed by atoms with Gasteiger partial charge in [-0.1, -0.05) is 11.3 Å². The van der Waals surface area contributed by atoms with Crippen LogP contribution in [0.1, 0.15) is 46.9 Å². The standard InChI is InChI=1S/C21H25N5O3S/c1-4-25-10-14-9-13(8-11(2)16(14)19(25)28)17-12(3)23-20(30-17)24-21(29)26-7-5-6-15(26)18(22)27/h8-9,15H,4-7,10H2,1-3H3,(H2,22,27)(H,23,24,29)/t15-/m0/s1. The van der Waals surface area contributed by atoms with Gasteiger partial charge in [0.2, 0.25) is 5.91 Å². The van der Waals surface area contributed by atoms with E-state index in [1.54, 1.807) is 0 Å². The third kappa shape index (κ3) is 3.43. The zero-order valence-electron chi connectivity index (χ0n) is 17.3. The number of nitrogens with one attached hydrogen (secondary N) is 1. The first kappa shape index (κ1) is 20.3. The fourth-order valence-corrected chi connectivity index (χ4v) is 5.24. The third-order valence-corrected chi connectivity index (χ3v) is 6.90. The summed E-state index contributed by atoms with van der Waals surface area (Å²) in [7, 11) is 0. The van der Waals surface area contributed by atoms with Crippen molar-refractivity contribution in [3.05, 3.63) is 34.5 Å². The molecule has 0 saturated carbocycles. The average molecular weight is 428 g/mol. The van der Waals surface area contributed by atoms with Gasteiger partial charge in [-0.2, -0.15) is 0 Å². The minimum Gasteiger partial charge on any atom is -0.368 e. The smallest absolute Gasteiger partial charge is 0.324 e. The number of hydrogen-bond acceptors (Lipinski definition) is 5. The van der Waals surface area contributed by atoms with Crippen molar-refractivity contribution in [3.63, 3.8) is 0 Å². The largest absolute Gasteiger partial charge is 0.368 e. The fourth-order valence-electron chi connectivity index (χ4n) is 4.30. The number of carbonyl (C=O) groups excluding carboxylic acids is 3.